The van der Waals surface area contributed by atoms with E-state index in [4.69, 9.17) is 0 Å². The third-order valence-electron chi connectivity index (χ3n) is 2.81. The number of hydrogen-bond acceptors (Lipinski definition) is 3. The molecular weight excluding hydrogens is 351 g/mol. The minimum absolute atomic E-state index is 0.650. The number of H-pyrrole nitrogens is 1. The zero-order valence-electron chi connectivity index (χ0n) is 11.2. The van der Waals surface area contributed by atoms with Gasteiger partial charge in [-0.15, -0.1) is 0 Å². The summed E-state index contributed by atoms with van der Waals surface area (Å²) in [4.78, 5) is 9.95. The number of hydrogen-bond donors (Lipinski definition) is 1. The predicted octanol–water partition coefficient (Wildman–Crippen LogP) is 2.92. The van der Waals surface area contributed by atoms with Gasteiger partial charge in [-0.3, -0.25) is 0 Å². The fraction of sp³-hybridized carbons (Fsp3) is 0.286. The molecule has 4 nitrogen and oxygen atoms in total. The summed E-state index contributed by atoms with van der Waals surface area (Å²) in [6, 6.07) is 8.03. The Kier molecular flexibility index (Phi) is 4.22. The Morgan fingerprint density at radius 3 is 2.79 bits per heavy atom. The number of aromatic nitrogens is 2. The summed E-state index contributed by atoms with van der Waals surface area (Å²) in [6.45, 7) is 2.79. The number of aryl methyl sites for hydroxylation is 1. The first-order valence-corrected chi connectivity index (χ1v) is 6.99. The minimum Gasteiger partial charge on any atom is -0.342 e. The van der Waals surface area contributed by atoms with Crippen LogP contribution in [0.3, 0.4) is 0 Å². The number of rotatable bonds is 3. The molecular formula is C14H15IN4. The number of nitrogens with zero attached hydrogens (tertiary/aromatic N) is 3. The Labute approximate surface area is 126 Å². The molecule has 2 aromatic rings. The number of nitrogens with one attached hydrogen (secondary N) is 1. The SMILES string of the molecule is Cc1[nH]c(-c2ccc(I)cc2C#N)nc1CN(C)C. The van der Waals surface area contributed by atoms with E-state index in [1.165, 1.54) is 0 Å². The molecule has 5 heteroatoms. The fourth-order valence-electron chi connectivity index (χ4n) is 1.89. The standard InChI is InChI=1S/C14H15IN4/c1-9-13(8-19(2)3)18-14(17-9)12-5-4-11(15)6-10(12)7-16/h4-6H,8H2,1-3H3,(H,17,18). The van der Waals surface area contributed by atoms with Gasteiger partial charge in [0, 0.05) is 21.4 Å². The molecule has 0 unspecified atom stereocenters. The van der Waals surface area contributed by atoms with E-state index in [2.05, 4.69) is 43.5 Å². The maximum absolute atomic E-state index is 9.22. The van der Waals surface area contributed by atoms with E-state index < -0.39 is 0 Å². The lowest BCUT2D eigenvalue weighted by atomic mass is 10.1. The maximum atomic E-state index is 9.22. The topological polar surface area (TPSA) is 55.7 Å². The maximum Gasteiger partial charge on any atom is 0.139 e. The molecule has 0 fully saturated rings. The Hall–Kier alpha value is -1.39. The van der Waals surface area contributed by atoms with Gasteiger partial charge >= 0.3 is 0 Å². The molecule has 0 atom stereocenters. The monoisotopic (exact) mass is 366 g/mol. The Balaban J connectivity index is 2.46. The van der Waals surface area contributed by atoms with Crippen LogP contribution in [0.4, 0.5) is 0 Å². The molecule has 98 valence electrons. The second-order valence-electron chi connectivity index (χ2n) is 4.70. The second-order valence-corrected chi connectivity index (χ2v) is 5.94. The van der Waals surface area contributed by atoms with Crippen LogP contribution in [0.2, 0.25) is 0 Å². The van der Waals surface area contributed by atoms with Crippen LogP contribution in [0.25, 0.3) is 11.4 Å². The van der Waals surface area contributed by atoms with Crippen molar-refractivity contribution in [2.75, 3.05) is 14.1 Å². The van der Waals surface area contributed by atoms with Crippen LogP contribution in [-0.2, 0) is 6.54 Å². The first-order valence-electron chi connectivity index (χ1n) is 5.91. The van der Waals surface area contributed by atoms with Gasteiger partial charge in [0.05, 0.1) is 17.3 Å². The number of halogens is 1. The zero-order valence-corrected chi connectivity index (χ0v) is 13.3. The van der Waals surface area contributed by atoms with E-state index in [-0.39, 0.29) is 0 Å². The number of nitriles is 1. The molecule has 0 saturated heterocycles. The number of benzene rings is 1. The molecule has 2 rings (SSSR count). The zero-order chi connectivity index (χ0) is 14.0. The van der Waals surface area contributed by atoms with Crippen LogP contribution in [0.1, 0.15) is 17.0 Å². The molecule has 0 spiro atoms. The van der Waals surface area contributed by atoms with Crippen LogP contribution in [0, 0.1) is 21.8 Å². The van der Waals surface area contributed by atoms with Gasteiger partial charge < -0.3 is 9.88 Å². The quantitative estimate of drug-likeness (QED) is 0.850. The molecule has 0 amide bonds. The molecule has 0 aliphatic heterocycles. The van der Waals surface area contributed by atoms with E-state index in [9.17, 15) is 5.26 Å². The summed E-state index contributed by atoms with van der Waals surface area (Å²) in [5.74, 6) is 0.766. The van der Waals surface area contributed by atoms with Gasteiger partial charge in [0.1, 0.15) is 5.82 Å². The summed E-state index contributed by atoms with van der Waals surface area (Å²) >= 11 is 2.20. The molecule has 1 heterocycles. The Bertz CT molecular complexity index is 637. The van der Waals surface area contributed by atoms with E-state index in [1.807, 2.05) is 39.2 Å². The minimum atomic E-state index is 0.650. The van der Waals surface area contributed by atoms with Gasteiger partial charge in [-0.2, -0.15) is 5.26 Å². The fourth-order valence-corrected chi connectivity index (χ4v) is 2.38. The Morgan fingerprint density at radius 2 is 2.16 bits per heavy atom. The number of aromatic amines is 1. The molecule has 0 aliphatic carbocycles. The van der Waals surface area contributed by atoms with Crippen molar-refractivity contribution in [3.63, 3.8) is 0 Å². The molecule has 19 heavy (non-hydrogen) atoms. The molecule has 0 bridgehead atoms. The first kappa shape index (κ1) is 14.0. The van der Waals surface area contributed by atoms with Gasteiger partial charge in [0.25, 0.3) is 0 Å². The lowest BCUT2D eigenvalue weighted by Gasteiger charge is -2.06. The van der Waals surface area contributed by atoms with Gasteiger partial charge in [-0.25, -0.2) is 4.98 Å². The molecule has 1 aromatic carbocycles. The van der Waals surface area contributed by atoms with Crippen LogP contribution < -0.4 is 0 Å². The molecule has 0 radical (unpaired) electrons. The van der Waals surface area contributed by atoms with Crippen LogP contribution in [0.15, 0.2) is 18.2 Å². The van der Waals surface area contributed by atoms with E-state index in [0.717, 1.165) is 32.9 Å². The Morgan fingerprint density at radius 1 is 1.42 bits per heavy atom. The third kappa shape index (κ3) is 3.14. The highest BCUT2D eigenvalue weighted by Crippen LogP contribution is 2.24. The van der Waals surface area contributed by atoms with E-state index >= 15 is 0 Å². The van der Waals surface area contributed by atoms with Gasteiger partial charge in [0.15, 0.2) is 0 Å². The third-order valence-corrected chi connectivity index (χ3v) is 3.48. The van der Waals surface area contributed by atoms with Gasteiger partial charge in [-0.1, -0.05) is 0 Å². The summed E-state index contributed by atoms with van der Waals surface area (Å²) in [5, 5.41) is 9.22. The average molecular weight is 366 g/mol. The normalized spacial score (nSPS) is 10.7. The van der Waals surface area contributed by atoms with Crippen molar-refractivity contribution < 1.29 is 0 Å². The summed E-state index contributed by atoms with van der Waals surface area (Å²) in [7, 11) is 4.03. The predicted molar refractivity (Wildman–Crippen MR) is 83.6 cm³/mol. The van der Waals surface area contributed by atoms with Crippen molar-refractivity contribution >= 4 is 22.6 Å². The van der Waals surface area contributed by atoms with Crippen molar-refractivity contribution in [3.8, 4) is 17.5 Å². The molecule has 1 aromatic heterocycles. The lowest BCUT2D eigenvalue weighted by molar-refractivity contribution is 0.396. The van der Waals surface area contributed by atoms with Crippen LogP contribution >= 0.6 is 22.6 Å². The van der Waals surface area contributed by atoms with E-state index in [1.54, 1.807) is 0 Å². The molecule has 0 aliphatic rings. The highest BCUT2D eigenvalue weighted by Gasteiger charge is 2.12. The highest BCUT2D eigenvalue weighted by atomic mass is 127. The van der Waals surface area contributed by atoms with Crippen molar-refractivity contribution in [3.05, 3.63) is 38.7 Å². The molecule has 1 N–H and O–H groups in total. The first-order chi connectivity index (χ1) is 9.01. The van der Waals surface area contributed by atoms with Crippen LogP contribution in [0.5, 0.6) is 0 Å². The van der Waals surface area contributed by atoms with Gasteiger partial charge in [0.2, 0.25) is 0 Å². The number of imidazole rings is 1. The van der Waals surface area contributed by atoms with Crippen molar-refractivity contribution in [2.24, 2.45) is 0 Å². The summed E-state index contributed by atoms with van der Waals surface area (Å²) in [6.07, 6.45) is 0. The summed E-state index contributed by atoms with van der Waals surface area (Å²) < 4.78 is 1.05. The van der Waals surface area contributed by atoms with Crippen LogP contribution in [-0.4, -0.2) is 29.0 Å². The van der Waals surface area contributed by atoms with Gasteiger partial charge in [-0.05, 0) is 61.8 Å². The van der Waals surface area contributed by atoms with Crippen molar-refractivity contribution in [2.45, 2.75) is 13.5 Å². The largest absolute Gasteiger partial charge is 0.342 e. The highest BCUT2D eigenvalue weighted by molar-refractivity contribution is 14.1. The lowest BCUT2D eigenvalue weighted by Crippen LogP contribution is -2.11. The summed E-state index contributed by atoms with van der Waals surface area (Å²) in [5.41, 5.74) is 3.57. The van der Waals surface area contributed by atoms with Crippen molar-refractivity contribution in [1.82, 2.24) is 14.9 Å². The van der Waals surface area contributed by atoms with E-state index in [0.29, 0.717) is 5.56 Å². The molecule has 0 saturated carbocycles. The average Bonchev–Trinajstić information content (AvgIpc) is 2.69. The second kappa shape index (κ2) is 5.72. The smallest absolute Gasteiger partial charge is 0.139 e. The van der Waals surface area contributed by atoms with Crippen molar-refractivity contribution in [1.29, 1.82) is 5.26 Å².